The summed E-state index contributed by atoms with van der Waals surface area (Å²) in [5, 5.41) is 15.0. The Morgan fingerprint density at radius 1 is 1.21 bits per heavy atom. The monoisotopic (exact) mass is 394 g/mol. The minimum Gasteiger partial charge on any atom is -0.481 e. The molecule has 0 spiro atoms. The molecule has 0 atom stereocenters. The van der Waals surface area contributed by atoms with E-state index in [4.69, 9.17) is 9.15 Å². The highest BCUT2D eigenvalue weighted by Crippen LogP contribution is 2.36. The van der Waals surface area contributed by atoms with Gasteiger partial charge in [0.15, 0.2) is 5.76 Å². The molecule has 0 saturated heterocycles. The number of carbonyl (C=O) groups is 2. The Bertz CT molecular complexity index is 1140. The first-order valence-corrected chi connectivity index (χ1v) is 9.10. The predicted molar refractivity (Wildman–Crippen MR) is 105 cm³/mol. The lowest BCUT2D eigenvalue weighted by molar-refractivity contribution is 0.0699. The van der Waals surface area contributed by atoms with Crippen molar-refractivity contribution in [2.24, 2.45) is 0 Å². The second-order valence-electron chi connectivity index (χ2n) is 5.85. The predicted octanol–water partition coefficient (Wildman–Crippen LogP) is 4.52. The first-order chi connectivity index (χ1) is 13.6. The second kappa shape index (κ2) is 7.16. The zero-order valence-corrected chi connectivity index (χ0v) is 15.4. The lowest BCUT2D eigenvalue weighted by atomic mass is 10.1. The molecule has 140 valence electrons. The molecule has 0 aliphatic carbocycles. The molecule has 0 fully saturated rings. The number of furan rings is 1. The number of hydrogen-bond acceptors (Lipinski definition) is 6. The summed E-state index contributed by atoms with van der Waals surface area (Å²) in [7, 11) is 1.50. The molecular weight excluding hydrogens is 380 g/mol. The zero-order chi connectivity index (χ0) is 19.7. The van der Waals surface area contributed by atoms with Crippen molar-refractivity contribution >= 4 is 39.2 Å². The Labute approximate surface area is 163 Å². The number of ether oxygens (including phenoxy) is 1. The number of para-hydroxylation sites is 1. The Morgan fingerprint density at radius 2 is 2.04 bits per heavy atom. The zero-order valence-electron chi connectivity index (χ0n) is 14.6. The first-order valence-electron chi connectivity index (χ1n) is 8.22. The number of hydrogen-bond donors (Lipinski definition) is 2. The van der Waals surface area contributed by atoms with Gasteiger partial charge in [0.25, 0.3) is 5.91 Å². The van der Waals surface area contributed by atoms with Crippen LogP contribution in [0.1, 0.15) is 20.9 Å². The normalized spacial score (nSPS) is 10.8. The summed E-state index contributed by atoms with van der Waals surface area (Å²) in [5.74, 6) is -1.13. The Kier molecular flexibility index (Phi) is 4.54. The Hall–Kier alpha value is -3.65. The van der Waals surface area contributed by atoms with Crippen LogP contribution in [0.5, 0.6) is 5.88 Å². The van der Waals surface area contributed by atoms with Gasteiger partial charge < -0.3 is 19.6 Å². The summed E-state index contributed by atoms with van der Waals surface area (Å²) >= 11 is 1.13. The van der Waals surface area contributed by atoms with Gasteiger partial charge in [-0.15, -0.1) is 11.3 Å². The molecule has 3 heterocycles. The van der Waals surface area contributed by atoms with Gasteiger partial charge in [-0.3, -0.25) is 4.79 Å². The van der Waals surface area contributed by atoms with Gasteiger partial charge in [-0.1, -0.05) is 18.2 Å². The molecule has 0 unspecified atom stereocenters. The van der Waals surface area contributed by atoms with E-state index >= 15 is 0 Å². The fourth-order valence-electron chi connectivity index (χ4n) is 2.79. The number of amides is 1. The topological polar surface area (TPSA) is 102 Å². The van der Waals surface area contributed by atoms with Crippen LogP contribution < -0.4 is 10.1 Å². The quantitative estimate of drug-likeness (QED) is 0.516. The van der Waals surface area contributed by atoms with E-state index in [0.29, 0.717) is 22.6 Å². The first kappa shape index (κ1) is 17.7. The summed E-state index contributed by atoms with van der Waals surface area (Å²) in [6, 6.07) is 12.2. The van der Waals surface area contributed by atoms with Crippen LogP contribution in [0.3, 0.4) is 0 Å². The van der Waals surface area contributed by atoms with E-state index in [-0.39, 0.29) is 16.3 Å². The molecule has 2 N–H and O–H groups in total. The van der Waals surface area contributed by atoms with E-state index < -0.39 is 11.9 Å². The molecule has 0 bridgehead atoms. The number of rotatable bonds is 5. The minimum absolute atomic E-state index is 0.00132. The fraction of sp³-hybridized carbons (Fsp3) is 0.0500. The number of pyridine rings is 1. The van der Waals surface area contributed by atoms with E-state index in [1.165, 1.54) is 13.3 Å². The number of nitrogens with one attached hydrogen (secondary N) is 1. The van der Waals surface area contributed by atoms with E-state index in [1.807, 2.05) is 18.2 Å². The maximum Gasteiger partial charge on any atom is 0.339 e. The maximum atomic E-state index is 12.6. The van der Waals surface area contributed by atoms with Gasteiger partial charge in [-0.2, -0.15) is 0 Å². The number of fused-ring (bicyclic) bond motifs is 1. The largest absolute Gasteiger partial charge is 0.481 e. The number of thiophene rings is 1. The standard InChI is InChI=1S/C20H14N2O5S/c1-26-16-7-6-12(9-21-16)13-10-28-19(17(13)20(24)25)22-18(23)15-8-11-4-2-3-5-14(11)27-15/h2-10H,1H3,(H,22,23)(H,24,25). The van der Waals surface area contributed by atoms with Gasteiger partial charge in [-0.05, 0) is 18.2 Å². The molecule has 0 radical (unpaired) electrons. The van der Waals surface area contributed by atoms with Crippen molar-refractivity contribution < 1.29 is 23.8 Å². The Balaban J connectivity index is 1.66. The highest BCUT2D eigenvalue weighted by atomic mass is 32.1. The average molecular weight is 394 g/mol. The third-order valence-corrected chi connectivity index (χ3v) is 5.03. The number of methoxy groups -OCH3 is 1. The van der Waals surface area contributed by atoms with Crippen molar-refractivity contribution in [1.82, 2.24) is 4.98 Å². The molecular formula is C20H14N2O5S. The molecule has 4 aromatic rings. The lowest BCUT2D eigenvalue weighted by Gasteiger charge is -2.05. The number of carboxylic acids is 1. The highest BCUT2D eigenvalue weighted by molar-refractivity contribution is 7.15. The molecule has 0 aliphatic heterocycles. The SMILES string of the molecule is COc1ccc(-c2csc(NC(=O)c3cc4ccccc4o3)c2C(=O)O)cn1. The van der Waals surface area contributed by atoms with Gasteiger partial charge in [-0.25, -0.2) is 9.78 Å². The lowest BCUT2D eigenvalue weighted by Crippen LogP contribution is -2.12. The Morgan fingerprint density at radius 3 is 2.71 bits per heavy atom. The van der Waals surface area contributed by atoms with Crippen molar-refractivity contribution in [3.8, 4) is 17.0 Å². The molecule has 1 amide bonds. The second-order valence-corrected chi connectivity index (χ2v) is 6.73. The fourth-order valence-corrected chi connectivity index (χ4v) is 3.75. The number of nitrogens with zero attached hydrogens (tertiary/aromatic N) is 1. The van der Waals surface area contributed by atoms with Crippen LogP contribution in [0.2, 0.25) is 0 Å². The minimum atomic E-state index is -1.15. The van der Waals surface area contributed by atoms with Gasteiger partial charge in [0.2, 0.25) is 5.88 Å². The summed E-state index contributed by atoms with van der Waals surface area (Å²) in [4.78, 5) is 28.5. The average Bonchev–Trinajstić information content (AvgIpc) is 3.32. The maximum absolute atomic E-state index is 12.6. The highest BCUT2D eigenvalue weighted by Gasteiger charge is 2.23. The summed E-state index contributed by atoms with van der Waals surface area (Å²) in [6.45, 7) is 0. The van der Waals surface area contributed by atoms with E-state index in [0.717, 1.165) is 16.7 Å². The van der Waals surface area contributed by atoms with E-state index in [2.05, 4.69) is 10.3 Å². The van der Waals surface area contributed by atoms with Crippen LogP contribution in [-0.4, -0.2) is 29.1 Å². The van der Waals surface area contributed by atoms with Crippen LogP contribution in [0.4, 0.5) is 5.00 Å². The van der Waals surface area contributed by atoms with Crippen LogP contribution in [0.15, 0.2) is 58.5 Å². The number of carboxylic acid groups (broad SMARTS) is 1. The third-order valence-electron chi connectivity index (χ3n) is 4.14. The smallest absolute Gasteiger partial charge is 0.339 e. The van der Waals surface area contributed by atoms with Gasteiger partial charge in [0, 0.05) is 34.2 Å². The van der Waals surface area contributed by atoms with Crippen molar-refractivity contribution in [2.45, 2.75) is 0 Å². The third kappa shape index (κ3) is 3.21. The van der Waals surface area contributed by atoms with Crippen molar-refractivity contribution in [3.05, 3.63) is 65.4 Å². The molecule has 8 heteroatoms. The molecule has 0 aliphatic rings. The number of benzene rings is 1. The van der Waals surface area contributed by atoms with Crippen molar-refractivity contribution in [1.29, 1.82) is 0 Å². The van der Waals surface area contributed by atoms with Gasteiger partial charge in [0.05, 0.1) is 7.11 Å². The number of anilines is 1. The van der Waals surface area contributed by atoms with Gasteiger partial charge in [0.1, 0.15) is 16.1 Å². The summed E-state index contributed by atoms with van der Waals surface area (Å²) in [6.07, 6.45) is 1.53. The van der Waals surface area contributed by atoms with Crippen molar-refractivity contribution in [2.75, 3.05) is 12.4 Å². The van der Waals surface area contributed by atoms with Crippen LogP contribution in [0.25, 0.3) is 22.1 Å². The molecule has 1 aromatic carbocycles. The van der Waals surface area contributed by atoms with Gasteiger partial charge >= 0.3 is 5.97 Å². The number of aromatic nitrogens is 1. The van der Waals surface area contributed by atoms with E-state index in [9.17, 15) is 14.7 Å². The summed E-state index contributed by atoms with van der Waals surface area (Å²) < 4.78 is 10.6. The van der Waals surface area contributed by atoms with Crippen LogP contribution in [-0.2, 0) is 0 Å². The molecule has 7 nitrogen and oxygen atoms in total. The van der Waals surface area contributed by atoms with Crippen molar-refractivity contribution in [3.63, 3.8) is 0 Å². The molecule has 28 heavy (non-hydrogen) atoms. The number of carbonyl (C=O) groups excluding carboxylic acids is 1. The molecule has 4 rings (SSSR count). The van der Waals surface area contributed by atoms with E-state index in [1.54, 1.807) is 29.6 Å². The van der Waals surface area contributed by atoms with Crippen LogP contribution >= 0.6 is 11.3 Å². The van der Waals surface area contributed by atoms with Crippen LogP contribution in [0, 0.1) is 0 Å². The summed E-state index contributed by atoms with van der Waals surface area (Å²) in [5.41, 5.74) is 1.66. The molecule has 0 saturated carbocycles. The number of aromatic carboxylic acids is 1. The molecule has 3 aromatic heterocycles.